The van der Waals surface area contributed by atoms with E-state index in [4.69, 9.17) is 4.42 Å². The lowest BCUT2D eigenvalue weighted by Gasteiger charge is -2.07. The van der Waals surface area contributed by atoms with E-state index in [1.807, 2.05) is 35.0 Å². The zero-order valence-corrected chi connectivity index (χ0v) is 11.2. The van der Waals surface area contributed by atoms with Gasteiger partial charge in [0.1, 0.15) is 11.7 Å². The molecule has 0 saturated carbocycles. The van der Waals surface area contributed by atoms with Crippen LogP contribution in [-0.4, -0.2) is 5.11 Å². The maximum absolute atomic E-state index is 10.4. The molecule has 1 unspecified atom stereocenters. The SMILES string of the molecule is OC(c1cscc1Br)c1coc2ccccc12. The molecular weight excluding hydrogens is 300 g/mol. The first-order chi connectivity index (χ1) is 8.27. The van der Waals surface area contributed by atoms with Crippen LogP contribution in [0.5, 0.6) is 0 Å². The monoisotopic (exact) mass is 308 g/mol. The molecule has 0 radical (unpaired) electrons. The van der Waals surface area contributed by atoms with Gasteiger partial charge in [-0.1, -0.05) is 18.2 Å². The molecule has 3 rings (SSSR count). The largest absolute Gasteiger partial charge is 0.464 e. The third-order valence-electron chi connectivity index (χ3n) is 2.74. The summed E-state index contributed by atoms with van der Waals surface area (Å²) in [5.74, 6) is 0. The fraction of sp³-hybridized carbons (Fsp3) is 0.0769. The first kappa shape index (κ1) is 11.0. The van der Waals surface area contributed by atoms with E-state index in [1.165, 1.54) is 0 Å². The molecule has 2 aromatic heterocycles. The van der Waals surface area contributed by atoms with Crippen LogP contribution in [0.1, 0.15) is 17.2 Å². The van der Waals surface area contributed by atoms with E-state index >= 15 is 0 Å². The summed E-state index contributed by atoms with van der Waals surface area (Å²) < 4.78 is 6.37. The zero-order valence-electron chi connectivity index (χ0n) is 8.76. The number of hydrogen-bond donors (Lipinski definition) is 1. The maximum Gasteiger partial charge on any atom is 0.134 e. The van der Waals surface area contributed by atoms with E-state index in [0.29, 0.717) is 0 Å². The third-order valence-corrected chi connectivity index (χ3v) is 4.49. The fourth-order valence-electron chi connectivity index (χ4n) is 1.86. The van der Waals surface area contributed by atoms with Crippen LogP contribution in [0.4, 0.5) is 0 Å². The first-order valence-corrected chi connectivity index (χ1v) is 6.86. The summed E-state index contributed by atoms with van der Waals surface area (Å²) in [5.41, 5.74) is 2.48. The zero-order chi connectivity index (χ0) is 11.8. The van der Waals surface area contributed by atoms with Crippen LogP contribution >= 0.6 is 27.3 Å². The standard InChI is InChI=1S/C13H9BrO2S/c14-11-7-17-6-10(11)13(15)9-5-16-12-4-2-1-3-8(9)12/h1-7,13,15H. The molecule has 0 bridgehead atoms. The van der Waals surface area contributed by atoms with Crippen molar-refractivity contribution in [3.63, 3.8) is 0 Å². The minimum Gasteiger partial charge on any atom is -0.464 e. The number of aliphatic hydroxyl groups excluding tert-OH is 1. The highest BCUT2D eigenvalue weighted by atomic mass is 79.9. The Morgan fingerprint density at radius 2 is 2.00 bits per heavy atom. The summed E-state index contributed by atoms with van der Waals surface area (Å²) in [6.07, 6.45) is 0.971. The topological polar surface area (TPSA) is 33.4 Å². The number of benzene rings is 1. The van der Waals surface area contributed by atoms with Crippen molar-refractivity contribution in [3.05, 3.63) is 56.9 Å². The van der Waals surface area contributed by atoms with E-state index in [0.717, 1.165) is 26.6 Å². The van der Waals surface area contributed by atoms with E-state index in [-0.39, 0.29) is 0 Å². The Labute approximate surface area is 111 Å². The van der Waals surface area contributed by atoms with E-state index in [2.05, 4.69) is 15.9 Å². The van der Waals surface area contributed by atoms with Gasteiger partial charge in [0, 0.05) is 26.4 Å². The van der Waals surface area contributed by atoms with Gasteiger partial charge in [0.2, 0.25) is 0 Å². The van der Waals surface area contributed by atoms with Crippen molar-refractivity contribution in [3.8, 4) is 0 Å². The number of halogens is 1. The van der Waals surface area contributed by atoms with Crippen LogP contribution in [0.3, 0.4) is 0 Å². The lowest BCUT2D eigenvalue weighted by molar-refractivity contribution is 0.220. The quantitative estimate of drug-likeness (QED) is 0.764. The van der Waals surface area contributed by atoms with Crippen LogP contribution in [0.2, 0.25) is 0 Å². The van der Waals surface area contributed by atoms with Gasteiger partial charge in [0.15, 0.2) is 0 Å². The molecule has 86 valence electrons. The van der Waals surface area contributed by atoms with Crippen LogP contribution in [0.15, 0.2) is 50.2 Å². The molecule has 1 aromatic carbocycles. The van der Waals surface area contributed by atoms with E-state index in [1.54, 1.807) is 17.6 Å². The molecule has 2 nitrogen and oxygen atoms in total. The summed E-state index contributed by atoms with van der Waals surface area (Å²) in [7, 11) is 0. The van der Waals surface area contributed by atoms with Gasteiger partial charge < -0.3 is 9.52 Å². The van der Waals surface area contributed by atoms with Crippen molar-refractivity contribution in [2.45, 2.75) is 6.10 Å². The minimum absolute atomic E-state index is 0.653. The Hall–Kier alpha value is -1.10. The molecule has 1 atom stereocenters. The smallest absolute Gasteiger partial charge is 0.134 e. The molecule has 1 N–H and O–H groups in total. The Bertz CT molecular complexity index is 656. The average Bonchev–Trinajstić information content (AvgIpc) is 2.94. The van der Waals surface area contributed by atoms with Gasteiger partial charge in [-0.15, -0.1) is 0 Å². The number of rotatable bonds is 2. The van der Waals surface area contributed by atoms with Gasteiger partial charge in [-0.3, -0.25) is 0 Å². The highest BCUT2D eigenvalue weighted by Gasteiger charge is 2.18. The third kappa shape index (κ3) is 1.82. The first-order valence-electron chi connectivity index (χ1n) is 5.13. The van der Waals surface area contributed by atoms with Crippen molar-refractivity contribution in [1.82, 2.24) is 0 Å². The normalized spacial score (nSPS) is 13.1. The van der Waals surface area contributed by atoms with Crippen molar-refractivity contribution in [2.75, 3.05) is 0 Å². The molecule has 4 heteroatoms. The second-order valence-corrected chi connectivity index (χ2v) is 5.36. The molecule has 0 aliphatic carbocycles. The van der Waals surface area contributed by atoms with Gasteiger partial charge in [-0.25, -0.2) is 0 Å². The average molecular weight is 309 g/mol. The molecule has 0 aliphatic heterocycles. The lowest BCUT2D eigenvalue weighted by atomic mass is 10.0. The van der Waals surface area contributed by atoms with E-state index < -0.39 is 6.10 Å². The van der Waals surface area contributed by atoms with Gasteiger partial charge in [-0.05, 0) is 27.4 Å². The van der Waals surface area contributed by atoms with Gasteiger partial charge in [0.25, 0.3) is 0 Å². The van der Waals surface area contributed by atoms with Crippen LogP contribution in [-0.2, 0) is 0 Å². The van der Waals surface area contributed by atoms with Gasteiger partial charge in [0.05, 0.1) is 6.26 Å². The molecule has 2 heterocycles. The van der Waals surface area contributed by atoms with Crippen molar-refractivity contribution >= 4 is 38.2 Å². The number of hydrogen-bond acceptors (Lipinski definition) is 3. The van der Waals surface area contributed by atoms with Crippen molar-refractivity contribution in [2.24, 2.45) is 0 Å². The summed E-state index contributed by atoms with van der Waals surface area (Å²) in [4.78, 5) is 0. The van der Waals surface area contributed by atoms with Gasteiger partial charge in [-0.2, -0.15) is 11.3 Å². The number of para-hydroxylation sites is 1. The van der Waals surface area contributed by atoms with Gasteiger partial charge >= 0.3 is 0 Å². The molecule has 0 aliphatic rings. The molecule has 17 heavy (non-hydrogen) atoms. The van der Waals surface area contributed by atoms with E-state index in [9.17, 15) is 5.11 Å². The number of aliphatic hydroxyl groups is 1. The molecule has 3 aromatic rings. The Balaban J connectivity index is 2.13. The van der Waals surface area contributed by atoms with Crippen molar-refractivity contribution < 1.29 is 9.52 Å². The second kappa shape index (κ2) is 4.29. The molecular formula is C13H9BrO2S. The molecule has 0 fully saturated rings. The Morgan fingerprint density at radius 3 is 2.76 bits per heavy atom. The van der Waals surface area contributed by atoms with Crippen LogP contribution in [0.25, 0.3) is 11.0 Å². The summed E-state index contributed by atoms with van der Waals surface area (Å²) in [6, 6.07) is 7.71. The highest BCUT2D eigenvalue weighted by molar-refractivity contribution is 9.10. The maximum atomic E-state index is 10.4. The molecule has 0 spiro atoms. The highest BCUT2D eigenvalue weighted by Crippen LogP contribution is 2.35. The second-order valence-electron chi connectivity index (χ2n) is 3.76. The predicted octanol–water partition coefficient (Wildman–Crippen LogP) is 4.34. The van der Waals surface area contributed by atoms with Crippen LogP contribution < -0.4 is 0 Å². The fourth-order valence-corrected chi connectivity index (χ4v) is 3.40. The molecule has 0 amide bonds. The Kier molecular flexibility index (Phi) is 2.78. The summed E-state index contributed by atoms with van der Waals surface area (Å²) >= 11 is 5.00. The Morgan fingerprint density at radius 1 is 1.18 bits per heavy atom. The predicted molar refractivity (Wildman–Crippen MR) is 72.3 cm³/mol. The van der Waals surface area contributed by atoms with Crippen molar-refractivity contribution in [1.29, 1.82) is 0 Å². The summed E-state index contributed by atoms with van der Waals surface area (Å²) in [6.45, 7) is 0. The summed E-state index contributed by atoms with van der Waals surface area (Å²) in [5, 5.41) is 15.2. The number of furan rings is 1. The minimum atomic E-state index is -0.653. The number of thiophene rings is 1. The molecule has 0 saturated heterocycles. The van der Waals surface area contributed by atoms with Crippen LogP contribution in [0, 0.1) is 0 Å². The number of fused-ring (bicyclic) bond motifs is 1. The lowest BCUT2D eigenvalue weighted by Crippen LogP contribution is -1.97.